The molecule has 0 bridgehead atoms. The standard InChI is InChI=1S/C11H7Cl2F2NO2S2/c12-10-4-9(11(13)19-10)20(17,18)16-5-6-3-7(14)1-2-8(6)15/h1-4,16H,5H2. The van der Waals surface area contributed by atoms with Crippen LogP contribution in [0.2, 0.25) is 8.67 Å². The molecule has 0 aliphatic rings. The number of sulfonamides is 1. The number of benzene rings is 1. The molecule has 0 atom stereocenters. The minimum atomic E-state index is -3.94. The molecule has 0 fully saturated rings. The van der Waals surface area contributed by atoms with E-state index in [9.17, 15) is 17.2 Å². The van der Waals surface area contributed by atoms with Crippen molar-refractivity contribution in [3.8, 4) is 0 Å². The van der Waals surface area contributed by atoms with Crippen LogP contribution in [0, 0.1) is 11.6 Å². The van der Waals surface area contributed by atoms with Gasteiger partial charge >= 0.3 is 0 Å². The average Bonchev–Trinajstić information content (AvgIpc) is 2.70. The summed E-state index contributed by atoms with van der Waals surface area (Å²) in [4.78, 5) is -0.189. The van der Waals surface area contributed by atoms with Crippen molar-refractivity contribution in [2.45, 2.75) is 11.4 Å². The van der Waals surface area contributed by atoms with Gasteiger partial charge in [-0.2, -0.15) is 0 Å². The van der Waals surface area contributed by atoms with Crippen molar-refractivity contribution in [1.29, 1.82) is 0 Å². The topological polar surface area (TPSA) is 46.2 Å². The Kier molecular flexibility index (Phi) is 4.66. The predicted molar refractivity (Wildman–Crippen MR) is 74.7 cm³/mol. The summed E-state index contributed by atoms with van der Waals surface area (Å²) in [7, 11) is -3.94. The van der Waals surface area contributed by atoms with E-state index in [4.69, 9.17) is 23.2 Å². The van der Waals surface area contributed by atoms with Crippen LogP contribution in [-0.2, 0) is 16.6 Å². The Morgan fingerprint density at radius 2 is 1.90 bits per heavy atom. The fraction of sp³-hybridized carbons (Fsp3) is 0.0909. The van der Waals surface area contributed by atoms with Crippen molar-refractivity contribution in [3.63, 3.8) is 0 Å². The number of nitrogens with one attached hydrogen (secondary N) is 1. The predicted octanol–water partition coefficient (Wildman–Crippen LogP) is 3.81. The van der Waals surface area contributed by atoms with Crippen LogP contribution >= 0.6 is 34.5 Å². The van der Waals surface area contributed by atoms with Crippen LogP contribution in [0.4, 0.5) is 8.78 Å². The highest BCUT2D eigenvalue weighted by Gasteiger charge is 2.21. The first-order valence-electron chi connectivity index (χ1n) is 5.18. The lowest BCUT2D eigenvalue weighted by Gasteiger charge is -2.07. The van der Waals surface area contributed by atoms with Crippen LogP contribution in [0.3, 0.4) is 0 Å². The Labute approximate surface area is 128 Å². The van der Waals surface area contributed by atoms with Crippen molar-refractivity contribution < 1.29 is 17.2 Å². The Morgan fingerprint density at radius 3 is 2.50 bits per heavy atom. The van der Waals surface area contributed by atoms with Crippen molar-refractivity contribution in [1.82, 2.24) is 4.72 Å². The number of rotatable bonds is 4. The normalized spacial score (nSPS) is 11.8. The zero-order chi connectivity index (χ0) is 14.9. The largest absolute Gasteiger partial charge is 0.243 e. The monoisotopic (exact) mass is 357 g/mol. The minimum absolute atomic E-state index is 0.00205. The minimum Gasteiger partial charge on any atom is -0.207 e. The molecular formula is C11H7Cl2F2NO2S2. The van der Waals surface area contributed by atoms with E-state index in [2.05, 4.69) is 4.72 Å². The molecule has 20 heavy (non-hydrogen) atoms. The summed E-state index contributed by atoms with van der Waals surface area (Å²) in [5.74, 6) is -1.36. The SMILES string of the molecule is O=S(=O)(NCc1cc(F)ccc1F)c1cc(Cl)sc1Cl. The molecule has 2 aromatic rings. The molecule has 9 heteroatoms. The van der Waals surface area contributed by atoms with Gasteiger partial charge in [0.15, 0.2) is 0 Å². The van der Waals surface area contributed by atoms with Gasteiger partial charge < -0.3 is 0 Å². The summed E-state index contributed by atoms with van der Waals surface area (Å²) < 4.78 is 52.7. The van der Waals surface area contributed by atoms with Crippen LogP contribution in [0.15, 0.2) is 29.2 Å². The first kappa shape index (κ1) is 15.7. The second-order valence-corrected chi connectivity index (χ2v) is 7.77. The zero-order valence-electron chi connectivity index (χ0n) is 9.66. The molecule has 0 aliphatic carbocycles. The van der Waals surface area contributed by atoms with E-state index in [-0.39, 0.29) is 19.1 Å². The van der Waals surface area contributed by atoms with Crippen molar-refractivity contribution in [3.05, 3.63) is 50.1 Å². The molecule has 3 nitrogen and oxygen atoms in total. The van der Waals surface area contributed by atoms with Gasteiger partial charge in [-0.25, -0.2) is 21.9 Å². The molecular weight excluding hydrogens is 351 g/mol. The van der Waals surface area contributed by atoms with Gasteiger partial charge in [0.05, 0.1) is 4.34 Å². The van der Waals surface area contributed by atoms with Gasteiger partial charge in [0, 0.05) is 12.1 Å². The fourth-order valence-electron chi connectivity index (χ4n) is 1.44. The van der Waals surface area contributed by atoms with Gasteiger partial charge in [0.2, 0.25) is 10.0 Å². The Morgan fingerprint density at radius 1 is 1.20 bits per heavy atom. The lowest BCUT2D eigenvalue weighted by atomic mass is 10.2. The average molecular weight is 358 g/mol. The quantitative estimate of drug-likeness (QED) is 0.904. The summed E-state index contributed by atoms with van der Waals surface area (Å²) in [6, 6.07) is 3.98. The number of hydrogen-bond acceptors (Lipinski definition) is 3. The fourth-order valence-corrected chi connectivity index (χ4v) is 4.59. The number of halogens is 4. The van der Waals surface area contributed by atoms with Crippen LogP contribution in [0.5, 0.6) is 0 Å². The smallest absolute Gasteiger partial charge is 0.207 e. The molecule has 0 radical (unpaired) electrons. The third-order valence-corrected chi connectivity index (χ3v) is 5.53. The molecule has 1 aromatic carbocycles. The molecule has 0 spiro atoms. The maximum Gasteiger partial charge on any atom is 0.243 e. The summed E-state index contributed by atoms with van der Waals surface area (Å²) in [5, 5.41) is 0. The summed E-state index contributed by atoms with van der Waals surface area (Å²) in [6.07, 6.45) is 0. The number of hydrogen-bond donors (Lipinski definition) is 1. The van der Waals surface area contributed by atoms with Crippen molar-refractivity contribution in [2.75, 3.05) is 0 Å². The van der Waals surface area contributed by atoms with Crippen LogP contribution < -0.4 is 4.72 Å². The van der Waals surface area contributed by atoms with Gasteiger partial charge in [-0.3, -0.25) is 0 Å². The van der Waals surface area contributed by atoms with Gasteiger partial charge in [-0.1, -0.05) is 23.2 Å². The highest BCUT2D eigenvalue weighted by Crippen LogP contribution is 2.34. The lowest BCUT2D eigenvalue weighted by molar-refractivity contribution is 0.567. The molecule has 1 heterocycles. The molecule has 0 saturated carbocycles. The molecule has 1 N–H and O–H groups in total. The van der Waals surface area contributed by atoms with Crippen LogP contribution in [0.1, 0.15) is 5.56 Å². The Bertz CT molecular complexity index is 747. The maximum absolute atomic E-state index is 13.4. The van der Waals surface area contributed by atoms with E-state index < -0.39 is 28.2 Å². The second-order valence-electron chi connectivity index (χ2n) is 3.75. The first-order chi connectivity index (χ1) is 9.29. The van der Waals surface area contributed by atoms with E-state index in [1.54, 1.807) is 0 Å². The first-order valence-corrected chi connectivity index (χ1v) is 8.23. The molecule has 0 aliphatic heterocycles. The third-order valence-electron chi connectivity index (χ3n) is 2.38. The van der Waals surface area contributed by atoms with Crippen LogP contribution in [0.25, 0.3) is 0 Å². The van der Waals surface area contributed by atoms with E-state index >= 15 is 0 Å². The lowest BCUT2D eigenvalue weighted by Crippen LogP contribution is -2.23. The van der Waals surface area contributed by atoms with Gasteiger partial charge in [-0.05, 0) is 24.3 Å². The Balaban J connectivity index is 2.21. The van der Waals surface area contributed by atoms with E-state index in [1.165, 1.54) is 6.07 Å². The maximum atomic E-state index is 13.4. The van der Waals surface area contributed by atoms with Gasteiger partial charge in [0.1, 0.15) is 20.9 Å². The summed E-state index contributed by atoms with van der Waals surface area (Å²) in [6.45, 7) is -0.393. The van der Waals surface area contributed by atoms with Crippen molar-refractivity contribution >= 4 is 44.6 Å². The molecule has 0 unspecified atom stereocenters. The van der Waals surface area contributed by atoms with Gasteiger partial charge in [0.25, 0.3) is 0 Å². The Hall–Kier alpha value is -0.730. The van der Waals surface area contributed by atoms with Crippen LogP contribution in [-0.4, -0.2) is 8.42 Å². The second kappa shape index (κ2) is 5.95. The third kappa shape index (κ3) is 3.48. The highest BCUT2D eigenvalue weighted by atomic mass is 35.5. The van der Waals surface area contributed by atoms with E-state index in [0.29, 0.717) is 0 Å². The van der Waals surface area contributed by atoms with E-state index in [1.807, 2.05) is 0 Å². The molecule has 2 rings (SSSR count). The highest BCUT2D eigenvalue weighted by molar-refractivity contribution is 7.89. The van der Waals surface area contributed by atoms with Crippen molar-refractivity contribution in [2.24, 2.45) is 0 Å². The molecule has 108 valence electrons. The summed E-state index contributed by atoms with van der Waals surface area (Å²) >= 11 is 12.3. The van der Waals surface area contributed by atoms with Gasteiger partial charge in [-0.15, -0.1) is 11.3 Å². The number of thiophene rings is 1. The molecule has 1 aromatic heterocycles. The molecule has 0 saturated heterocycles. The zero-order valence-corrected chi connectivity index (χ0v) is 12.8. The summed E-state index contributed by atoms with van der Waals surface area (Å²) in [5.41, 5.74) is -0.106. The van der Waals surface area contributed by atoms with E-state index in [0.717, 1.165) is 29.5 Å². The molecule has 0 amide bonds.